The first kappa shape index (κ1) is 19.3. The van der Waals surface area contributed by atoms with Crippen LogP contribution in [0.3, 0.4) is 0 Å². The van der Waals surface area contributed by atoms with Crippen LogP contribution in [0.5, 0.6) is 0 Å². The molecule has 28 heavy (non-hydrogen) atoms. The fourth-order valence-corrected chi connectivity index (χ4v) is 4.85. The quantitative estimate of drug-likeness (QED) is 0.731. The standard InChI is InChI=1S/C23H29N3OS/c27-23(18-28-22-10-9-19-5-4-6-20(19)17-22)24-11-12-25-13-15-26(16-14-25)21-7-2-1-3-8-21/h1-3,7-10,17H,4-6,11-16,18H2,(H,24,27). The Bertz CT molecular complexity index is 788. The molecule has 1 saturated heterocycles. The van der Waals surface area contributed by atoms with Gasteiger partial charge in [-0.1, -0.05) is 24.3 Å². The Labute approximate surface area is 172 Å². The molecule has 1 aliphatic heterocycles. The van der Waals surface area contributed by atoms with Crippen LogP contribution in [0.25, 0.3) is 0 Å². The van der Waals surface area contributed by atoms with Crippen LogP contribution in [0.4, 0.5) is 5.69 Å². The lowest BCUT2D eigenvalue weighted by molar-refractivity contribution is -0.118. The number of benzene rings is 2. The Balaban J connectivity index is 1.12. The lowest BCUT2D eigenvalue weighted by Crippen LogP contribution is -2.48. The van der Waals surface area contributed by atoms with Crippen molar-refractivity contribution in [3.63, 3.8) is 0 Å². The van der Waals surface area contributed by atoms with Gasteiger partial charge in [-0.3, -0.25) is 9.69 Å². The van der Waals surface area contributed by atoms with E-state index in [0.717, 1.165) is 39.3 Å². The second-order valence-corrected chi connectivity index (χ2v) is 8.64. The van der Waals surface area contributed by atoms with Gasteiger partial charge in [0.1, 0.15) is 0 Å². The molecule has 2 aromatic rings. The van der Waals surface area contributed by atoms with Gasteiger partial charge >= 0.3 is 0 Å². The van der Waals surface area contributed by atoms with E-state index in [-0.39, 0.29) is 5.91 Å². The molecule has 0 saturated carbocycles. The number of hydrogen-bond acceptors (Lipinski definition) is 4. The number of anilines is 1. The monoisotopic (exact) mass is 395 g/mol. The predicted octanol–water partition coefficient (Wildman–Crippen LogP) is 3.21. The molecule has 1 fully saturated rings. The highest BCUT2D eigenvalue weighted by Crippen LogP contribution is 2.27. The third-order valence-corrected chi connectivity index (χ3v) is 6.68. The van der Waals surface area contributed by atoms with Crippen molar-refractivity contribution in [1.82, 2.24) is 10.2 Å². The summed E-state index contributed by atoms with van der Waals surface area (Å²) in [7, 11) is 0. The Morgan fingerprint density at radius 2 is 1.75 bits per heavy atom. The van der Waals surface area contributed by atoms with Gasteiger partial charge in [0.15, 0.2) is 0 Å². The van der Waals surface area contributed by atoms with Crippen LogP contribution in [0.1, 0.15) is 17.5 Å². The van der Waals surface area contributed by atoms with E-state index in [0.29, 0.717) is 5.75 Å². The summed E-state index contributed by atoms with van der Waals surface area (Å²) in [6, 6.07) is 17.3. The van der Waals surface area contributed by atoms with Crippen LogP contribution < -0.4 is 10.2 Å². The number of carbonyl (C=O) groups excluding carboxylic acids is 1. The molecule has 1 amide bonds. The van der Waals surface area contributed by atoms with Crippen LogP contribution in [-0.2, 0) is 17.6 Å². The van der Waals surface area contributed by atoms with Crippen molar-refractivity contribution in [2.75, 3.05) is 49.9 Å². The molecule has 0 aromatic heterocycles. The topological polar surface area (TPSA) is 35.6 Å². The summed E-state index contributed by atoms with van der Waals surface area (Å²) in [6.07, 6.45) is 3.66. The molecule has 0 atom stereocenters. The van der Waals surface area contributed by atoms with Gasteiger partial charge in [-0.25, -0.2) is 0 Å². The number of carbonyl (C=O) groups is 1. The fraction of sp³-hybridized carbons (Fsp3) is 0.435. The molecule has 0 unspecified atom stereocenters. The molecule has 4 nitrogen and oxygen atoms in total. The average molecular weight is 396 g/mol. The van der Waals surface area contributed by atoms with E-state index in [1.807, 2.05) is 0 Å². The maximum atomic E-state index is 12.2. The smallest absolute Gasteiger partial charge is 0.230 e. The summed E-state index contributed by atoms with van der Waals surface area (Å²) >= 11 is 1.65. The molecule has 1 heterocycles. The van der Waals surface area contributed by atoms with Gasteiger partial charge in [-0.15, -0.1) is 11.8 Å². The number of nitrogens with one attached hydrogen (secondary N) is 1. The summed E-state index contributed by atoms with van der Waals surface area (Å²) in [5.74, 6) is 0.633. The zero-order valence-electron chi connectivity index (χ0n) is 16.4. The summed E-state index contributed by atoms with van der Waals surface area (Å²) < 4.78 is 0. The van der Waals surface area contributed by atoms with Gasteiger partial charge in [-0.2, -0.15) is 0 Å². The number of aryl methyl sites for hydroxylation is 2. The summed E-state index contributed by atoms with van der Waals surface area (Å²) in [4.78, 5) is 18.3. The number of rotatable bonds is 7. The second kappa shape index (κ2) is 9.48. The van der Waals surface area contributed by atoms with Crippen LogP contribution in [0, 0.1) is 0 Å². The Morgan fingerprint density at radius 3 is 2.57 bits per heavy atom. The molecule has 0 bridgehead atoms. The molecule has 5 heteroatoms. The first-order chi connectivity index (χ1) is 13.8. The normalized spacial score (nSPS) is 16.8. The minimum atomic E-state index is 0.133. The van der Waals surface area contributed by atoms with Crippen molar-refractivity contribution >= 4 is 23.4 Å². The number of amides is 1. The number of thioether (sulfide) groups is 1. The Kier molecular flexibility index (Phi) is 6.55. The fourth-order valence-electron chi connectivity index (χ4n) is 4.06. The van der Waals surface area contributed by atoms with Crippen molar-refractivity contribution in [3.8, 4) is 0 Å². The molecule has 0 spiro atoms. The number of nitrogens with zero attached hydrogens (tertiary/aromatic N) is 2. The highest BCUT2D eigenvalue weighted by atomic mass is 32.2. The van der Waals surface area contributed by atoms with Gasteiger partial charge in [-0.05, 0) is 54.7 Å². The lowest BCUT2D eigenvalue weighted by atomic mass is 10.1. The van der Waals surface area contributed by atoms with E-state index in [4.69, 9.17) is 0 Å². The van der Waals surface area contributed by atoms with Gasteiger partial charge < -0.3 is 10.2 Å². The molecule has 148 valence electrons. The maximum absolute atomic E-state index is 12.2. The highest BCUT2D eigenvalue weighted by molar-refractivity contribution is 8.00. The maximum Gasteiger partial charge on any atom is 0.230 e. The average Bonchev–Trinajstić information content (AvgIpc) is 3.21. The van der Waals surface area contributed by atoms with E-state index in [2.05, 4.69) is 63.6 Å². The summed E-state index contributed by atoms with van der Waals surface area (Å²) in [6.45, 7) is 5.86. The van der Waals surface area contributed by atoms with Gasteiger partial charge in [0.25, 0.3) is 0 Å². The number of para-hydroxylation sites is 1. The van der Waals surface area contributed by atoms with Crippen molar-refractivity contribution in [2.45, 2.75) is 24.2 Å². The largest absolute Gasteiger partial charge is 0.369 e. The van der Waals surface area contributed by atoms with Gasteiger partial charge in [0.05, 0.1) is 5.75 Å². The number of piperazine rings is 1. The predicted molar refractivity (Wildman–Crippen MR) is 117 cm³/mol. The summed E-state index contributed by atoms with van der Waals surface area (Å²) in [5, 5.41) is 3.08. The zero-order chi connectivity index (χ0) is 19.2. The van der Waals surface area contributed by atoms with Crippen molar-refractivity contribution in [2.24, 2.45) is 0 Å². The molecular weight excluding hydrogens is 366 g/mol. The Hall–Kier alpha value is -1.98. The highest BCUT2D eigenvalue weighted by Gasteiger charge is 2.17. The first-order valence-electron chi connectivity index (χ1n) is 10.3. The minimum Gasteiger partial charge on any atom is -0.369 e. The molecule has 2 aromatic carbocycles. The second-order valence-electron chi connectivity index (χ2n) is 7.59. The number of hydrogen-bond donors (Lipinski definition) is 1. The van der Waals surface area contributed by atoms with E-state index in [1.165, 1.54) is 41.0 Å². The lowest BCUT2D eigenvalue weighted by Gasteiger charge is -2.36. The molecular formula is C23H29N3OS. The molecule has 4 rings (SSSR count). The van der Waals surface area contributed by atoms with Crippen LogP contribution in [-0.4, -0.2) is 55.8 Å². The molecule has 1 aliphatic carbocycles. The third kappa shape index (κ3) is 5.09. The van der Waals surface area contributed by atoms with Crippen LogP contribution in [0.15, 0.2) is 53.4 Å². The first-order valence-corrected chi connectivity index (χ1v) is 11.3. The van der Waals surface area contributed by atoms with E-state index in [1.54, 1.807) is 11.8 Å². The molecule has 2 aliphatic rings. The third-order valence-electron chi connectivity index (χ3n) is 5.68. The Morgan fingerprint density at radius 1 is 0.964 bits per heavy atom. The van der Waals surface area contributed by atoms with Gasteiger partial charge in [0.2, 0.25) is 5.91 Å². The zero-order valence-corrected chi connectivity index (χ0v) is 17.2. The van der Waals surface area contributed by atoms with Crippen LogP contribution >= 0.6 is 11.8 Å². The minimum absolute atomic E-state index is 0.133. The molecule has 0 radical (unpaired) electrons. The van der Waals surface area contributed by atoms with Crippen LogP contribution in [0.2, 0.25) is 0 Å². The van der Waals surface area contributed by atoms with Crippen molar-refractivity contribution in [1.29, 1.82) is 0 Å². The van der Waals surface area contributed by atoms with Gasteiger partial charge in [0, 0.05) is 49.9 Å². The van der Waals surface area contributed by atoms with Crippen molar-refractivity contribution in [3.05, 3.63) is 59.7 Å². The van der Waals surface area contributed by atoms with E-state index < -0.39 is 0 Å². The molecule has 1 N–H and O–H groups in total. The summed E-state index contributed by atoms with van der Waals surface area (Å²) in [5.41, 5.74) is 4.26. The van der Waals surface area contributed by atoms with Crippen molar-refractivity contribution < 1.29 is 4.79 Å². The SMILES string of the molecule is O=C(CSc1ccc2c(c1)CCC2)NCCN1CCN(c2ccccc2)CC1. The number of fused-ring (bicyclic) bond motifs is 1. The van der Waals surface area contributed by atoms with E-state index >= 15 is 0 Å². The van der Waals surface area contributed by atoms with E-state index in [9.17, 15) is 4.79 Å².